The third-order valence-electron chi connectivity index (χ3n) is 1.11. The normalized spacial score (nSPS) is 10.3. The average Bonchev–Trinajstić information content (AvgIpc) is 2.07. The molecule has 11 heavy (non-hydrogen) atoms. The summed E-state index contributed by atoms with van der Waals surface area (Å²) in [7, 11) is 0. The number of ether oxygens (including phenoxy) is 1. The fourth-order valence-corrected chi connectivity index (χ4v) is 0.720. The summed E-state index contributed by atoms with van der Waals surface area (Å²) < 4.78 is 5.24. The minimum atomic E-state index is 0.501. The maximum atomic E-state index is 5.30. The predicted octanol–water partition coefficient (Wildman–Crippen LogP) is 2.62. The fourth-order valence-electron chi connectivity index (χ4n) is 0.647. The van der Waals surface area contributed by atoms with Crippen LogP contribution >= 0.6 is 11.6 Å². The van der Waals surface area contributed by atoms with E-state index in [0.29, 0.717) is 6.61 Å². The van der Waals surface area contributed by atoms with Crippen molar-refractivity contribution in [2.45, 2.75) is 0 Å². The molecule has 1 radical (unpaired) electrons. The third kappa shape index (κ3) is 3.10. The van der Waals surface area contributed by atoms with E-state index in [-0.39, 0.29) is 0 Å². The lowest BCUT2D eigenvalue weighted by Gasteiger charge is -1.99. The van der Waals surface area contributed by atoms with E-state index in [9.17, 15) is 0 Å². The van der Waals surface area contributed by atoms with Gasteiger partial charge in [-0.2, -0.15) is 0 Å². The van der Waals surface area contributed by atoms with E-state index in [4.69, 9.17) is 16.3 Å². The molecule has 0 aliphatic heterocycles. The van der Waals surface area contributed by atoms with Gasteiger partial charge in [-0.1, -0.05) is 23.7 Å². The molecule has 0 atom stereocenters. The van der Waals surface area contributed by atoms with Gasteiger partial charge < -0.3 is 4.74 Å². The van der Waals surface area contributed by atoms with E-state index >= 15 is 0 Å². The first kappa shape index (κ1) is 8.15. The predicted molar refractivity (Wildman–Crippen MR) is 45.8 cm³/mol. The summed E-state index contributed by atoms with van der Waals surface area (Å²) in [5, 5.41) is 0. The van der Waals surface area contributed by atoms with Crippen LogP contribution in [0, 0.1) is 6.07 Å². The van der Waals surface area contributed by atoms with Gasteiger partial charge in [0.2, 0.25) is 0 Å². The maximum absolute atomic E-state index is 5.30. The molecule has 0 amide bonds. The second-order valence-electron chi connectivity index (χ2n) is 1.91. The maximum Gasteiger partial charge on any atom is 0.120 e. The van der Waals surface area contributed by atoms with Crippen molar-refractivity contribution in [2.75, 3.05) is 6.61 Å². The van der Waals surface area contributed by atoms with E-state index in [1.54, 1.807) is 12.1 Å². The van der Waals surface area contributed by atoms with Gasteiger partial charge in [0.25, 0.3) is 0 Å². The molecule has 0 aliphatic carbocycles. The van der Waals surface area contributed by atoms with Crippen molar-refractivity contribution in [3.8, 4) is 5.75 Å². The number of rotatable bonds is 3. The fraction of sp³-hybridized carbons (Fsp3) is 0.111. The molecule has 1 aromatic rings. The quantitative estimate of drug-likeness (QED) is 0.673. The second kappa shape index (κ2) is 4.80. The highest BCUT2D eigenvalue weighted by molar-refractivity contribution is 6.25. The first-order valence-corrected chi connectivity index (χ1v) is 3.71. The molecule has 0 spiro atoms. The Bertz CT molecular complexity index is 218. The minimum Gasteiger partial charge on any atom is -0.489 e. The zero-order valence-electron chi connectivity index (χ0n) is 5.96. The van der Waals surface area contributed by atoms with Gasteiger partial charge >= 0.3 is 0 Å². The molecule has 0 bridgehead atoms. The van der Waals surface area contributed by atoms with Gasteiger partial charge in [-0.05, 0) is 24.3 Å². The van der Waals surface area contributed by atoms with Crippen LogP contribution in [0.1, 0.15) is 0 Å². The molecule has 1 rings (SSSR count). The molecule has 0 heterocycles. The lowest BCUT2D eigenvalue weighted by molar-refractivity contribution is 0.363. The van der Waals surface area contributed by atoms with Crippen molar-refractivity contribution in [3.63, 3.8) is 0 Å². The molecule has 1 aromatic carbocycles. The lowest BCUT2D eigenvalue weighted by Crippen LogP contribution is -1.91. The molecule has 0 N–H and O–H groups in total. The van der Waals surface area contributed by atoms with Crippen LogP contribution in [0.3, 0.4) is 0 Å². The van der Waals surface area contributed by atoms with Crippen molar-refractivity contribution in [3.05, 3.63) is 41.9 Å². The van der Waals surface area contributed by atoms with Crippen molar-refractivity contribution in [1.29, 1.82) is 0 Å². The van der Waals surface area contributed by atoms with Gasteiger partial charge in [0.15, 0.2) is 0 Å². The Morgan fingerprint density at radius 2 is 2.55 bits per heavy atom. The van der Waals surface area contributed by atoms with Crippen LogP contribution in [-0.4, -0.2) is 6.61 Å². The highest BCUT2D eigenvalue weighted by atomic mass is 35.5. The Kier molecular flexibility index (Phi) is 3.56. The standard InChI is InChI=1S/C9H8ClO/c10-7-4-8-11-9-5-2-1-3-6-9/h1-2,4-7H,8H2. The molecule has 0 aromatic heterocycles. The van der Waals surface area contributed by atoms with Crippen LogP contribution < -0.4 is 4.74 Å². The Hall–Kier alpha value is -0.950. The van der Waals surface area contributed by atoms with Crippen LogP contribution in [0.4, 0.5) is 0 Å². The second-order valence-corrected chi connectivity index (χ2v) is 2.16. The van der Waals surface area contributed by atoms with E-state index in [1.807, 2.05) is 18.2 Å². The molecule has 0 fully saturated rings. The van der Waals surface area contributed by atoms with E-state index in [0.717, 1.165) is 5.75 Å². The molecule has 0 aliphatic rings. The number of benzene rings is 1. The third-order valence-corrected chi connectivity index (χ3v) is 1.29. The highest BCUT2D eigenvalue weighted by Gasteiger charge is 1.86. The van der Waals surface area contributed by atoms with Crippen molar-refractivity contribution in [2.24, 2.45) is 0 Å². The summed E-state index contributed by atoms with van der Waals surface area (Å²) in [4.78, 5) is 0. The van der Waals surface area contributed by atoms with Crippen LogP contribution in [0.2, 0.25) is 0 Å². The van der Waals surface area contributed by atoms with Crippen LogP contribution in [0.5, 0.6) is 5.75 Å². The molecule has 57 valence electrons. The van der Waals surface area contributed by atoms with Gasteiger partial charge in [-0.15, -0.1) is 0 Å². The Morgan fingerprint density at radius 1 is 1.64 bits per heavy atom. The van der Waals surface area contributed by atoms with E-state index in [2.05, 4.69) is 6.07 Å². The largest absolute Gasteiger partial charge is 0.489 e. The SMILES string of the molecule is ClC=CCOc1c[c]ccc1. The molecule has 0 saturated carbocycles. The van der Waals surface area contributed by atoms with E-state index < -0.39 is 0 Å². The average molecular weight is 168 g/mol. The summed E-state index contributed by atoms with van der Waals surface area (Å²) in [6.07, 6.45) is 1.73. The molecule has 2 heteroatoms. The minimum absolute atomic E-state index is 0.501. The molecular weight excluding hydrogens is 160 g/mol. The zero-order valence-corrected chi connectivity index (χ0v) is 6.71. The Morgan fingerprint density at radius 3 is 3.18 bits per heavy atom. The van der Waals surface area contributed by atoms with E-state index in [1.165, 1.54) is 5.54 Å². The summed E-state index contributed by atoms with van der Waals surface area (Å²) in [5.74, 6) is 0.808. The lowest BCUT2D eigenvalue weighted by atomic mass is 10.3. The van der Waals surface area contributed by atoms with Gasteiger partial charge in [0.05, 0.1) is 0 Å². The first-order valence-electron chi connectivity index (χ1n) is 3.27. The molecular formula is C9H8ClO. The molecule has 0 unspecified atom stereocenters. The van der Waals surface area contributed by atoms with Gasteiger partial charge in [-0.3, -0.25) is 0 Å². The van der Waals surface area contributed by atoms with Crippen molar-refractivity contribution in [1.82, 2.24) is 0 Å². The van der Waals surface area contributed by atoms with Crippen LogP contribution in [0.15, 0.2) is 35.9 Å². The first-order chi connectivity index (χ1) is 5.43. The smallest absolute Gasteiger partial charge is 0.120 e. The molecule has 1 nitrogen and oxygen atoms in total. The highest BCUT2D eigenvalue weighted by Crippen LogP contribution is 2.07. The topological polar surface area (TPSA) is 9.23 Å². The Labute approximate surface area is 71.3 Å². The summed E-state index contributed by atoms with van der Waals surface area (Å²) >= 11 is 5.30. The monoisotopic (exact) mass is 167 g/mol. The summed E-state index contributed by atoms with van der Waals surface area (Å²) in [5.41, 5.74) is 1.44. The summed E-state index contributed by atoms with van der Waals surface area (Å²) in [6.45, 7) is 0.501. The number of halogens is 1. The van der Waals surface area contributed by atoms with Crippen molar-refractivity contribution >= 4 is 11.6 Å². The van der Waals surface area contributed by atoms with Gasteiger partial charge in [0, 0.05) is 5.54 Å². The van der Waals surface area contributed by atoms with Crippen LogP contribution in [-0.2, 0) is 0 Å². The number of hydrogen-bond donors (Lipinski definition) is 0. The zero-order chi connectivity index (χ0) is 7.94. The van der Waals surface area contributed by atoms with Gasteiger partial charge in [0.1, 0.15) is 12.4 Å². The number of hydrogen-bond acceptors (Lipinski definition) is 1. The summed E-state index contributed by atoms with van der Waals surface area (Å²) in [6, 6.07) is 10.3. The Balaban J connectivity index is 2.39. The van der Waals surface area contributed by atoms with Crippen LogP contribution in [0.25, 0.3) is 0 Å². The van der Waals surface area contributed by atoms with Crippen molar-refractivity contribution < 1.29 is 4.74 Å². The molecule has 0 saturated heterocycles. The van der Waals surface area contributed by atoms with Gasteiger partial charge in [-0.25, -0.2) is 0 Å².